The van der Waals surface area contributed by atoms with Crippen LogP contribution in [0.2, 0.25) is 0 Å². The molecular formula is C16H14N6O3. The largest absolute Gasteiger partial charge is 0.497 e. The summed E-state index contributed by atoms with van der Waals surface area (Å²) in [5.41, 5.74) is 1.01. The van der Waals surface area contributed by atoms with Gasteiger partial charge in [0.15, 0.2) is 5.52 Å². The van der Waals surface area contributed by atoms with Gasteiger partial charge >= 0.3 is 0 Å². The van der Waals surface area contributed by atoms with E-state index in [0.29, 0.717) is 34.3 Å². The smallest absolute Gasteiger partial charge is 0.285 e. The minimum atomic E-state index is -0.324. The van der Waals surface area contributed by atoms with Gasteiger partial charge < -0.3 is 9.47 Å². The van der Waals surface area contributed by atoms with Crippen molar-refractivity contribution in [1.29, 1.82) is 0 Å². The third-order valence-electron chi connectivity index (χ3n) is 3.82. The van der Waals surface area contributed by atoms with Gasteiger partial charge in [-0.2, -0.15) is 9.50 Å². The quantitative estimate of drug-likeness (QED) is 0.553. The first kappa shape index (κ1) is 15.1. The van der Waals surface area contributed by atoms with Crippen molar-refractivity contribution in [3.63, 3.8) is 0 Å². The summed E-state index contributed by atoms with van der Waals surface area (Å²) in [6.07, 6.45) is 1.65. The highest BCUT2D eigenvalue weighted by atomic mass is 16.5. The first-order chi connectivity index (χ1) is 12.1. The summed E-state index contributed by atoms with van der Waals surface area (Å²) in [7, 11) is 3.11. The molecule has 9 heteroatoms. The van der Waals surface area contributed by atoms with Gasteiger partial charge in [0.1, 0.15) is 22.8 Å². The number of hydrogen-bond acceptors (Lipinski definition) is 7. The van der Waals surface area contributed by atoms with Crippen LogP contribution in [-0.2, 0) is 0 Å². The fourth-order valence-electron chi connectivity index (χ4n) is 2.64. The Morgan fingerprint density at radius 1 is 1.04 bits per heavy atom. The zero-order chi connectivity index (χ0) is 17.6. The van der Waals surface area contributed by atoms with Crippen LogP contribution in [0.1, 0.15) is 5.82 Å². The lowest BCUT2D eigenvalue weighted by molar-refractivity contribution is 0.394. The lowest BCUT2D eigenvalue weighted by atomic mass is 10.2. The maximum Gasteiger partial charge on any atom is 0.285 e. The highest BCUT2D eigenvalue weighted by molar-refractivity contribution is 5.74. The first-order valence-corrected chi connectivity index (χ1v) is 7.45. The van der Waals surface area contributed by atoms with Gasteiger partial charge in [0, 0.05) is 24.4 Å². The summed E-state index contributed by atoms with van der Waals surface area (Å²) in [5.74, 6) is 2.07. The molecule has 0 aliphatic rings. The number of rotatable bonds is 3. The number of nitrogens with zero attached hydrogens (tertiary/aromatic N) is 6. The van der Waals surface area contributed by atoms with Crippen molar-refractivity contribution in [2.75, 3.05) is 14.2 Å². The van der Waals surface area contributed by atoms with E-state index < -0.39 is 0 Å². The van der Waals surface area contributed by atoms with E-state index >= 15 is 0 Å². The summed E-state index contributed by atoms with van der Waals surface area (Å²) in [6.45, 7) is 1.75. The van der Waals surface area contributed by atoms with E-state index in [2.05, 4.69) is 20.3 Å². The van der Waals surface area contributed by atoms with Gasteiger partial charge in [-0.15, -0.1) is 15.3 Å². The first-order valence-electron chi connectivity index (χ1n) is 7.45. The molecule has 0 atom stereocenters. The summed E-state index contributed by atoms with van der Waals surface area (Å²) in [5, 5.41) is 12.2. The molecule has 0 amide bonds. The Labute approximate surface area is 141 Å². The number of benzene rings is 1. The third-order valence-corrected chi connectivity index (χ3v) is 3.82. The summed E-state index contributed by atoms with van der Waals surface area (Å²) < 4.78 is 13.5. The zero-order valence-corrected chi connectivity index (χ0v) is 13.8. The second-order valence-corrected chi connectivity index (χ2v) is 5.37. The molecule has 3 aromatic heterocycles. The second kappa shape index (κ2) is 5.55. The lowest BCUT2D eigenvalue weighted by Gasteiger charge is -2.11. The summed E-state index contributed by atoms with van der Waals surface area (Å²) >= 11 is 0. The fraction of sp³-hybridized carbons (Fsp3) is 0.188. The Balaban J connectivity index is 1.99. The predicted molar refractivity (Wildman–Crippen MR) is 89.5 cm³/mol. The fourth-order valence-corrected chi connectivity index (χ4v) is 2.64. The molecule has 1 aromatic carbocycles. The number of pyridine rings is 1. The topological polar surface area (TPSA) is 96.4 Å². The van der Waals surface area contributed by atoms with Crippen molar-refractivity contribution >= 4 is 16.8 Å². The van der Waals surface area contributed by atoms with Crippen LogP contribution in [0.4, 0.5) is 0 Å². The van der Waals surface area contributed by atoms with Gasteiger partial charge in [-0.25, -0.2) is 0 Å². The lowest BCUT2D eigenvalue weighted by Crippen LogP contribution is -2.20. The van der Waals surface area contributed by atoms with Crippen LogP contribution < -0.4 is 15.0 Å². The second-order valence-electron chi connectivity index (χ2n) is 5.37. The van der Waals surface area contributed by atoms with E-state index in [9.17, 15) is 4.79 Å². The minimum Gasteiger partial charge on any atom is -0.497 e. The van der Waals surface area contributed by atoms with E-state index in [4.69, 9.17) is 9.47 Å². The van der Waals surface area contributed by atoms with Gasteiger partial charge in [-0.1, -0.05) is 0 Å². The molecule has 9 nitrogen and oxygen atoms in total. The van der Waals surface area contributed by atoms with E-state index in [1.54, 1.807) is 51.6 Å². The van der Waals surface area contributed by atoms with Crippen LogP contribution in [0.15, 0.2) is 35.3 Å². The standard InChI is InChI=1S/C16H14N6O3/c1-9-17-16-19-18-14-13(22(16)20-9)4-5-21(15(14)23)10-6-11(24-2)8-12(7-10)25-3/h4-8H,1-3H3. The molecule has 3 heterocycles. The van der Waals surface area contributed by atoms with Crippen LogP contribution in [0.25, 0.3) is 22.5 Å². The SMILES string of the molecule is COc1cc(OC)cc(-n2ccc3c(nnc4nc(C)nn43)c2=O)c1. The molecule has 0 saturated carbocycles. The molecule has 0 N–H and O–H groups in total. The Kier molecular flexibility index (Phi) is 3.34. The maximum atomic E-state index is 12.9. The molecule has 4 rings (SSSR count). The normalized spacial score (nSPS) is 11.2. The van der Waals surface area contributed by atoms with Gasteiger partial charge in [0.2, 0.25) is 0 Å². The van der Waals surface area contributed by atoms with Crippen LogP contribution in [0.5, 0.6) is 11.5 Å². The number of fused-ring (bicyclic) bond motifs is 3. The number of methoxy groups -OCH3 is 2. The van der Waals surface area contributed by atoms with Gasteiger partial charge in [0.05, 0.1) is 19.9 Å². The van der Waals surface area contributed by atoms with Crippen molar-refractivity contribution in [1.82, 2.24) is 29.4 Å². The molecule has 0 aliphatic carbocycles. The van der Waals surface area contributed by atoms with Gasteiger partial charge in [0.25, 0.3) is 11.3 Å². The van der Waals surface area contributed by atoms with Crippen LogP contribution >= 0.6 is 0 Å². The van der Waals surface area contributed by atoms with Crippen molar-refractivity contribution < 1.29 is 9.47 Å². The summed E-state index contributed by atoms with van der Waals surface area (Å²) in [4.78, 5) is 17.1. The molecule has 0 aliphatic heterocycles. The van der Waals surface area contributed by atoms with E-state index in [-0.39, 0.29) is 11.1 Å². The van der Waals surface area contributed by atoms with E-state index in [1.165, 1.54) is 9.08 Å². The van der Waals surface area contributed by atoms with Crippen molar-refractivity contribution in [2.24, 2.45) is 0 Å². The van der Waals surface area contributed by atoms with Crippen LogP contribution in [-0.4, -0.2) is 43.6 Å². The van der Waals surface area contributed by atoms with E-state index in [1.807, 2.05) is 0 Å². The zero-order valence-electron chi connectivity index (χ0n) is 13.8. The molecule has 0 spiro atoms. The Bertz CT molecular complexity index is 1140. The van der Waals surface area contributed by atoms with Crippen molar-refractivity contribution in [2.45, 2.75) is 6.92 Å². The average Bonchev–Trinajstić information content (AvgIpc) is 3.02. The van der Waals surface area contributed by atoms with E-state index in [0.717, 1.165) is 0 Å². The van der Waals surface area contributed by atoms with Crippen LogP contribution in [0.3, 0.4) is 0 Å². The van der Waals surface area contributed by atoms with Crippen molar-refractivity contribution in [3.8, 4) is 17.2 Å². The molecule has 0 fully saturated rings. The number of aromatic nitrogens is 6. The average molecular weight is 338 g/mol. The molecule has 0 radical (unpaired) electrons. The molecule has 0 bridgehead atoms. The van der Waals surface area contributed by atoms with Gasteiger partial charge in [-0.3, -0.25) is 9.36 Å². The highest BCUT2D eigenvalue weighted by Gasteiger charge is 2.13. The third kappa shape index (κ3) is 2.36. The molecule has 4 aromatic rings. The number of hydrogen-bond donors (Lipinski definition) is 0. The number of aryl methyl sites for hydroxylation is 1. The van der Waals surface area contributed by atoms with Crippen molar-refractivity contribution in [3.05, 3.63) is 46.6 Å². The molecular weight excluding hydrogens is 324 g/mol. The number of ether oxygens (including phenoxy) is 2. The monoisotopic (exact) mass is 338 g/mol. The predicted octanol–water partition coefficient (Wildman–Crippen LogP) is 1.15. The molecule has 0 unspecified atom stereocenters. The van der Waals surface area contributed by atoms with Gasteiger partial charge in [-0.05, 0) is 13.0 Å². The molecule has 25 heavy (non-hydrogen) atoms. The molecule has 0 saturated heterocycles. The van der Waals surface area contributed by atoms with Crippen LogP contribution in [0, 0.1) is 6.92 Å². The Morgan fingerprint density at radius 3 is 2.44 bits per heavy atom. The summed E-state index contributed by atoms with van der Waals surface area (Å²) in [6, 6.07) is 6.96. The molecule has 126 valence electrons. The maximum absolute atomic E-state index is 12.9. The Hall–Kier alpha value is -3.49. The minimum absolute atomic E-state index is 0.196. The highest BCUT2D eigenvalue weighted by Crippen LogP contribution is 2.24. The Morgan fingerprint density at radius 2 is 1.76 bits per heavy atom.